The van der Waals surface area contributed by atoms with Crippen LogP contribution in [0.2, 0.25) is 5.02 Å². The molecule has 0 aromatic heterocycles. The van der Waals surface area contributed by atoms with Gasteiger partial charge in [0.25, 0.3) is 5.91 Å². The van der Waals surface area contributed by atoms with Crippen molar-refractivity contribution < 1.29 is 14.3 Å². The minimum Gasteiger partial charge on any atom is -0.508 e. The van der Waals surface area contributed by atoms with Gasteiger partial charge in [0, 0.05) is 17.6 Å². The Labute approximate surface area is 127 Å². The van der Waals surface area contributed by atoms with Crippen molar-refractivity contribution in [2.75, 3.05) is 7.05 Å². The van der Waals surface area contributed by atoms with Crippen LogP contribution in [0.4, 0.5) is 4.39 Å². The highest BCUT2D eigenvalue weighted by atomic mass is 35.5. The third-order valence-electron chi connectivity index (χ3n) is 3.45. The van der Waals surface area contributed by atoms with E-state index in [0.29, 0.717) is 10.6 Å². The third-order valence-corrected chi connectivity index (χ3v) is 3.68. The van der Waals surface area contributed by atoms with E-state index in [1.807, 2.05) is 0 Å². The fourth-order valence-corrected chi connectivity index (χ4v) is 2.25. The summed E-state index contributed by atoms with van der Waals surface area (Å²) in [5.74, 6) is -1.03. The SMILES string of the molecule is CC(c1ccccc1O)N(C)C(=O)c1cc(Cl)ccc1F. The normalized spacial score (nSPS) is 12.0. The fraction of sp³-hybridized carbons (Fsp3) is 0.188. The molecule has 0 radical (unpaired) electrons. The number of phenols is 1. The summed E-state index contributed by atoms with van der Waals surface area (Å²) in [6.07, 6.45) is 0. The Morgan fingerprint density at radius 3 is 2.62 bits per heavy atom. The van der Waals surface area contributed by atoms with Gasteiger partial charge in [-0.3, -0.25) is 4.79 Å². The molecule has 1 unspecified atom stereocenters. The highest BCUT2D eigenvalue weighted by Gasteiger charge is 2.23. The Balaban J connectivity index is 2.31. The summed E-state index contributed by atoms with van der Waals surface area (Å²) in [5.41, 5.74) is 0.503. The Morgan fingerprint density at radius 2 is 1.95 bits per heavy atom. The monoisotopic (exact) mass is 307 g/mol. The number of nitrogens with zero attached hydrogens (tertiary/aromatic N) is 1. The van der Waals surface area contributed by atoms with E-state index in [4.69, 9.17) is 11.6 Å². The van der Waals surface area contributed by atoms with Gasteiger partial charge in [0.05, 0.1) is 11.6 Å². The van der Waals surface area contributed by atoms with Crippen molar-refractivity contribution in [1.82, 2.24) is 4.90 Å². The molecule has 0 fully saturated rings. The number of amides is 1. The van der Waals surface area contributed by atoms with E-state index in [-0.39, 0.29) is 11.3 Å². The summed E-state index contributed by atoms with van der Waals surface area (Å²) in [7, 11) is 1.56. The van der Waals surface area contributed by atoms with Crippen LogP contribution >= 0.6 is 11.6 Å². The van der Waals surface area contributed by atoms with Crippen LogP contribution in [0.5, 0.6) is 5.75 Å². The molecule has 1 atom stereocenters. The first-order valence-corrected chi connectivity index (χ1v) is 6.79. The van der Waals surface area contributed by atoms with E-state index in [1.165, 1.54) is 17.0 Å². The first-order valence-electron chi connectivity index (χ1n) is 6.42. The fourth-order valence-electron chi connectivity index (χ4n) is 2.08. The van der Waals surface area contributed by atoms with E-state index < -0.39 is 17.8 Å². The third kappa shape index (κ3) is 3.16. The maximum Gasteiger partial charge on any atom is 0.257 e. The van der Waals surface area contributed by atoms with Gasteiger partial charge in [0.15, 0.2) is 0 Å². The van der Waals surface area contributed by atoms with Crippen molar-refractivity contribution in [3.05, 3.63) is 64.4 Å². The van der Waals surface area contributed by atoms with Gasteiger partial charge in [-0.2, -0.15) is 0 Å². The molecule has 2 rings (SSSR count). The van der Waals surface area contributed by atoms with E-state index in [0.717, 1.165) is 6.07 Å². The molecule has 2 aromatic carbocycles. The molecular weight excluding hydrogens is 293 g/mol. The second-order valence-electron chi connectivity index (χ2n) is 4.78. The molecule has 1 amide bonds. The van der Waals surface area contributed by atoms with Crippen LogP contribution in [-0.4, -0.2) is 23.0 Å². The lowest BCUT2D eigenvalue weighted by atomic mass is 10.0. The van der Waals surface area contributed by atoms with Crippen molar-refractivity contribution in [3.63, 3.8) is 0 Å². The lowest BCUT2D eigenvalue weighted by Gasteiger charge is -2.26. The van der Waals surface area contributed by atoms with Gasteiger partial charge in [-0.25, -0.2) is 4.39 Å². The highest BCUT2D eigenvalue weighted by Crippen LogP contribution is 2.28. The van der Waals surface area contributed by atoms with Gasteiger partial charge < -0.3 is 10.0 Å². The summed E-state index contributed by atoms with van der Waals surface area (Å²) >= 11 is 5.81. The maximum atomic E-state index is 13.8. The standard InChI is InChI=1S/C16H15ClFNO2/c1-10(12-5-3-4-6-15(12)20)19(2)16(21)13-9-11(17)7-8-14(13)18/h3-10,20H,1-2H3. The van der Waals surface area contributed by atoms with Gasteiger partial charge >= 0.3 is 0 Å². The molecule has 110 valence electrons. The van der Waals surface area contributed by atoms with Gasteiger partial charge in [-0.1, -0.05) is 29.8 Å². The number of phenolic OH excluding ortho intramolecular Hbond substituents is 1. The molecule has 0 aliphatic heterocycles. The number of hydrogen-bond donors (Lipinski definition) is 1. The Hall–Kier alpha value is -2.07. The first kappa shape index (κ1) is 15.3. The van der Waals surface area contributed by atoms with Crippen LogP contribution < -0.4 is 0 Å². The number of halogens is 2. The molecule has 21 heavy (non-hydrogen) atoms. The van der Waals surface area contributed by atoms with E-state index in [9.17, 15) is 14.3 Å². The van der Waals surface area contributed by atoms with Crippen LogP contribution in [0.15, 0.2) is 42.5 Å². The summed E-state index contributed by atoms with van der Waals surface area (Å²) in [6.45, 7) is 1.76. The molecule has 5 heteroatoms. The zero-order valence-corrected chi connectivity index (χ0v) is 12.4. The van der Waals surface area contributed by atoms with Crippen LogP contribution in [0.3, 0.4) is 0 Å². The van der Waals surface area contributed by atoms with Crippen molar-refractivity contribution in [2.24, 2.45) is 0 Å². The minimum absolute atomic E-state index is 0.0905. The van der Waals surface area contributed by atoms with Crippen LogP contribution in [0.25, 0.3) is 0 Å². The Kier molecular flexibility index (Phi) is 4.48. The second kappa shape index (κ2) is 6.14. The predicted octanol–water partition coefficient (Wildman–Crippen LogP) is 4.02. The van der Waals surface area contributed by atoms with Gasteiger partial charge in [0.2, 0.25) is 0 Å². The smallest absolute Gasteiger partial charge is 0.257 e. The number of aromatic hydroxyl groups is 1. The second-order valence-corrected chi connectivity index (χ2v) is 5.21. The number of rotatable bonds is 3. The van der Waals surface area contributed by atoms with Crippen LogP contribution in [0, 0.1) is 5.82 Å². The van der Waals surface area contributed by atoms with Gasteiger partial charge in [0.1, 0.15) is 11.6 Å². The van der Waals surface area contributed by atoms with Crippen molar-refractivity contribution in [2.45, 2.75) is 13.0 Å². The molecule has 0 heterocycles. The summed E-state index contributed by atoms with van der Waals surface area (Å²) in [6, 6.07) is 10.2. The molecule has 0 saturated heterocycles. The van der Waals surface area contributed by atoms with Crippen molar-refractivity contribution in [1.29, 1.82) is 0 Å². The molecule has 2 aromatic rings. The summed E-state index contributed by atoms with van der Waals surface area (Å²) < 4.78 is 13.8. The highest BCUT2D eigenvalue weighted by molar-refractivity contribution is 6.31. The largest absolute Gasteiger partial charge is 0.508 e. The number of hydrogen-bond acceptors (Lipinski definition) is 2. The molecule has 1 N–H and O–H groups in total. The first-order chi connectivity index (χ1) is 9.91. The number of carbonyl (C=O) groups excluding carboxylic acids is 1. The molecular formula is C16H15ClFNO2. The average molecular weight is 308 g/mol. The van der Waals surface area contributed by atoms with Gasteiger partial charge in [-0.15, -0.1) is 0 Å². The molecule has 0 aliphatic rings. The Bertz CT molecular complexity index is 675. The molecule has 0 bridgehead atoms. The number of benzene rings is 2. The maximum absolute atomic E-state index is 13.8. The topological polar surface area (TPSA) is 40.5 Å². The van der Waals surface area contributed by atoms with E-state index in [1.54, 1.807) is 38.2 Å². The molecule has 0 aliphatic carbocycles. The number of carbonyl (C=O) groups is 1. The molecule has 3 nitrogen and oxygen atoms in total. The Morgan fingerprint density at radius 1 is 1.29 bits per heavy atom. The zero-order valence-electron chi connectivity index (χ0n) is 11.7. The summed E-state index contributed by atoms with van der Waals surface area (Å²) in [5, 5.41) is 10.1. The van der Waals surface area contributed by atoms with E-state index in [2.05, 4.69) is 0 Å². The molecule has 0 saturated carbocycles. The number of para-hydroxylation sites is 1. The minimum atomic E-state index is -0.624. The lowest BCUT2D eigenvalue weighted by molar-refractivity contribution is 0.0736. The molecule has 0 spiro atoms. The summed E-state index contributed by atoms with van der Waals surface area (Å²) in [4.78, 5) is 13.8. The predicted molar refractivity (Wildman–Crippen MR) is 80.0 cm³/mol. The van der Waals surface area contributed by atoms with Crippen LogP contribution in [-0.2, 0) is 0 Å². The van der Waals surface area contributed by atoms with Crippen LogP contribution in [0.1, 0.15) is 28.9 Å². The quantitative estimate of drug-likeness (QED) is 0.930. The van der Waals surface area contributed by atoms with Crippen molar-refractivity contribution in [3.8, 4) is 5.75 Å². The average Bonchev–Trinajstić information content (AvgIpc) is 2.48. The lowest BCUT2D eigenvalue weighted by Crippen LogP contribution is -2.30. The zero-order chi connectivity index (χ0) is 15.6. The van der Waals surface area contributed by atoms with E-state index >= 15 is 0 Å². The van der Waals surface area contributed by atoms with Gasteiger partial charge in [-0.05, 0) is 31.2 Å². The van der Waals surface area contributed by atoms with Crippen molar-refractivity contribution >= 4 is 17.5 Å².